The summed E-state index contributed by atoms with van der Waals surface area (Å²) < 4.78 is 0. The minimum atomic E-state index is 0.720. The number of rotatable bonds is 3. The van der Waals surface area contributed by atoms with E-state index in [0.717, 1.165) is 24.4 Å². The fourth-order valence-corrected chi connectivity index (χ4v) is 4.03. The van der Waals surface area contributed by atoms with Crippen molar-refractivity contribution in [1.82, 2.24) is 4.90 Å². The third-order valence-corrected chi connectivity index (χ3v) is 5.14. The topological polar surface area (TPSA) is 29.3 Å². The molecule has 0 aromatic heterocycles. The number of hydrogen-bond acceptors (Lipinski definition) is 2. The Bertz CT molecular complexity index is 382. The van der Waals surface area contributed by atoms with E-state index in [4.69, 9.17) is 5.73 Å². The van der Waals surface area contributed by atoms with Gasteiger partial charge in [-0.1, -0.05) is 30.3 Å². The highest BCUT2D eigenvalue weighted by Gasteiger charge is 2.34. The zero-order chi connectivity index (χ0) is 13.1. The number of nitrogens with two attached hydrogens (primary N) is 1. The summed E-state index contributed by atoms with van der Waals surface area (Å²) in [7, 11) is 0. The third-order valence-electron chi connectivity index (χ3n) is 5.14. The molecular formula is C17H26N2. The largest absolute Gasteiger partial charge is 0.330 e. The second-order valence-electron chi connectivity index (χ2n) is 6.23. The molecule has 0 bridgehead atoms. The lowest BCUT2D eigenvalue weighted by atomic mass is 9.75. The first-order chi connectivity index (χ1) is 9.38. The summed E-state index contributed by atoms with van der Waals surface area (Å²) in [5.41, 5.74) is 7.55. The van der Waals surface area contributed by atoms with Crippen LogP contribution < -0.4 is 5.73 Å². The second-order valence-corrected chi connectivity index (χ2v) is 6.23. The maximum atomic E-state index is 6.02. The van der Waals surface area contributed by atoms with E-state index in [1.807, 2.05) is 0 Å². The summed E-state index contributed by atoms with van der Waals surface area (Å²) >= 11 is 0. The fourth-order valence-electron chi connectivity index (χ4n) is 4.03. The molecule has 2 N–H and O–H groups in total. The summed E-state index contributed by atoms with van der Waals surface area (Å²) in [4.78, 5) is 2.71. The van der Waals surface area contributed by atoms with Crippen molar-refractivity contribution in [2.45, 2.75) is 44.1 Å². The molecule has 3 atom stereocenters. The fraction of sp³-hybridized carbons (Fsp3) is 0.647. The lowest BCUT2D eigenvalue weighted by Crippen LogP contribution is -2.45. The van der Waals surface area contributed by atoms with Crippen molar-refractivity contribution in [3.63, 3.8) is 0 Å². The second kappa shape index (κ2) is 6.06. The van der Waals surface area contributed by atoms with Gasteiger partial charge in [-0.2, -0.15) is 0 Å². The molecule has 1 aromatic rings. The van der Waals surface area contributed by atoms with Crippen LogP contribution in [0.3, 0.4) is 0 Å². The van der Waals surface area contributed by atoms with E-state index >= 15 is 0 Å². The van der Waals surface area contributed by atoms with Crippen LogP contribution in [0, 0.1) is 5.92 Å². The van der Waals surface area contributed by atoms with E-state index in [2.05, 4.69) is 35.2 Å². The third kappa shape index (κ3) is 2.85. The molecule has 2 nitrogen and oxygen atoms in total. The van der Waals surface area contributed by atoms with Crippen LogP contribution in [-0.2, 0) is 0 Å². The van der Waals surface area contributed by atoms with Gasteiger partial charge in [0.15, 0.2) is 0 Å². The normalized spacial score (nSPS) is 32.6. The van der Waals surface area contributed by atoms with E-state index in [1.165, 1.54) is 50.8 Å². The highest BCUT2D eigenvalue weighted by atomic mass is 15.2. The maximum Gasteiger partial charge on any atom is 0.0141 e. The summed E-state index contributed by atoms with van der Waals surface area (Å²) in [6.45, 7) is 3.45. The Labute approximate surface area is 117 Å². The molecule has 0 spiro atoms. The maximum absolute atomic E-state index is 6.02. The SMILES string of the molecule is NCC1CCC(c2ccccc2)CC1N1CCCC1. The number of nitrogens with zero attached hydrogens (tertiary/aromatic N) is 1. The van der Waals surface area contributed by atoms with Crippen LogP contribution in [0.2, 0.25) is 0 Å². The van der Waals surface area contributed by atoms with Gasteiger partial charge < -0.3 is 10.6 Å². The first-order valence-corrected chi connectivity index (χ1v) is 7.87. The molecule has 104 valence electrons. The summed E-state index contributed by atoms with van der Waals surface area (Å²) in [5, 5.41) is 0. The molecule has 2 aliphatic rings. The summed E-state index contributed by atoms with van der Waals surface area (Å²) in [5.74, 6) is 1.47. The molecule has 3 unspecified atom stereocenters. The monoisotopic (exact) mass is 258 g/mol. The molecular weight excluding hydrogens is 232 g/mol. The zero-order valence-corrected chi connectivity index (χ0v) is 11.8. The Kier molecular flexibility index (Phi) is 4.19. The van der Waals surface area contributed by atoms with Gasteiger partial charge in [0.25, 0.3) is 0 Å². The first-order valence-electron chi connectivity index (χ1n) is 7.87. The van der Waals surface area contributed by atoms with Gasteiger partial charge in [-0.25, -0.2) is 0 Å². The minimum Gasteiger partial charge on any atom is -0.330 e. The number of likely N-dealkylation sites (tertiary alicyclic amines) is 1. The lowest BCUT2D eigenvalue weighted by Gasteiger charge is -2.41. The predicted molar refractivity (Wildman–Crippen MR) is 80.2 cm³/mol. The van der Waals surface area contributed by atoms with Gasteiger partial charge in [-0.15, -0.1) is 0 Å². The van der Waals surface area contributed by atoms with Crippen molar-refractivity contribution in [3.05, 3.63) is 35.9 Å². The van der Waals surface area contributed by atoms with Gasteiger partial charge in [-0.05, 0) is 69.1 Å². The van der Waals surface area contributed by atoms with Crippen LogP contribution in [0.5, 0.6) is 0 Å². The standard InChI is InChI=1S/C17H26N2/c18-13-16-9-8-15(14-6-2-1-3-7-14)12-17(16)19-10-4-5-11-19/h1-3,6-7,15-17H,4-5,8-13,18H2. The Morgan fingerprint density at radius 1 is 1.05 bits per heavy atom. The molecule has 1 saturated carbocycles. The van der Waals surface area contributed by atoms with Gasteiger partial charge in [-0.3, -0.25) is 0 Å². The van der Waals surface area contributed by atoms with E-state index in [1.54, 1.807) is 0 Å². The van der Waals surface area contributed by atoms with E-state index in [-0.39, 0.29) is 0 Å². The van der Waals surface area contributed by atoms with Crippen molar-refractivity contribution in [2.75, 3.05) is 19.6 Å². The van der Waals surface area contributed by atoms with E-state index < -0.39 is 0 Å². The molecule has 1 aliphatic carbocycles. The quantitative estimate of drug-likeness (QED) is 0.903. The molecule has 1 saturated heterocycles. The van der Waals surface area contributed by atoms with Gasteiger partial charge in [0.2, 0.25) is 0 Å². The Hall–Kier alpha value is -0.860. The van der Waals surface area contributed by atoms with Crippen LogP contribution in [0.25, 0.3) is 0 Å². The number of benzene rings is 1. The summed E-state index contributed by atoms with van der Waals surface area (Å²) in [6.07, 6.45) is 6.69. The van der Waals surface area contributed by atoms with Gasteiger partial charge >= 0.3 is 0 Å². The minimum absolute atomic E-state index is 0.720. The first kappa shape index (κ1) is 13.1. The molecule has 0 amide bonds. The highest BCUT2D eigenvalue weighted by molar-refractivity contribution is 5.20. The predicted octanol–water partition coefficient (Wildman–Crippen LogP) is 2.99. The van der Waals surface area contributed by atoms with Crippen LogP contribution in [-0.4, -0.2) is 30.6 Å². The Morgan fingerprint density at radius 3 is 2.47 bits per heavy atom. The van der Waals surface area contributed by atoms with Crippen molar-refractivity contribution in [3.8, 4) is 0 Å². The summed E-state index contributed by atoms with van der Waals surface area (Å²) in [6, 6.07) is 11.8. The molecule has 1 aliphatic heterocycles. The Balaban J connectivity index is 1.73. The average Bonchev–Trinajstić information content (AvgIpc) is 3.01. The Morgan fingerprint density at radius 2 is 1.79 bits per heavy atom. The van der Waals surface area contributed by atoms with Crippen LogP contribution in [0.15, 0.2) is 30.3 Å². The molecule has 1 aromatic carbocycles. The average molecular weight is 258 g/mol. The van der Waals surface area contributed by atoms with Crippen LogP contribution in [0.1, 0.15) is 43.6 Å². The highest BCUT2D eigenvalue weighted by Crippen LogP contribution is 2.38. The van der Waals surface area contributed by atoms with Crippen LogP contribution >= 0.6 is 0 Å². The van der Waals surface area contributed by atoms with Crippen LogP contribution in [0.4, 0.5) is 0 Å². The molecule has 2 fully saturated rings. The van der Waals surface area contributed by atoms with Crippen molar-refractivity contribution in [1.29, 1.82) is 0 Å². The van der Waals surface area contributed by atoms with Gasteiger partial charge in [0.05, 0.1) is 0 Å². The van der Waals surface area contributed by atoms with Gasteiger partial charge in [0, 0.05) is 6.04 Å². The molecule has 3 rings (SSSR count). The smallest absolute Gasteiger partial charge is 0.0141 e. The molecule has 0 radical (unpaired) electrons. The molecule has 19 heavy (non-hydrogen) atoms. The van der Waals surface area contributed by atoms with Crippen molar-refractivity contribution < 1.29 is 0 Å². The zero-order valence-electron chi connectivity index (χ0n) is 11.8. The van der Waals surface area contributed by atoms with Gasteiger partial charge in [0.1, 0.15) is 0 Å². The lowest BCUT2D eigenvalue weighted by molar-refractivity contribution is 0.121. The van der Waals surface area contributed by atoms with Crippen molar-refractivity contribution >= 4 is 0 Å². The number of hydrogen-bond donors (Lipinski definition) is 1. The molecule has 1 heterocycles. The van der Waals surface area contributed by atoms with E-state index in [9.17, 15) is 0 Å². The van der Waals surface area contributed by atoms with Crippen molar-refractivity contribution in [2.24, 2.45) is 11.7 Å². The van der Waals surface area contributed by atoms with E-state index in [0.29, 0.717) is 0 Å². The molecule has 2 heteroatoms.